The third-order valence-electron chi connectivity index (χ3n) is 7.78. The van der Waals surface area contributed by atoms with Gasteiger partial charge in [-0.2, -0.15) is 5.10 Å². The average Bonchev–Trinajstić information content (AvgIpc) is 3.47. The molecule has 0 spiro atoms. The van der Waals surface area contributed by atoms with Gasteiger partial charge in [-0.1, -0.05) is 12.5 Å². The number of carbonyl (C=O) groups excluding carboxylic acids is 1. The summed E-state index contributed by atoms with van der Waals surface area (Å²) in [5.74, 6) is 2.39. The molecule has 3 aliphatic heterocycles. The number of carbonyl (C=O) groups is 1. The molecular formula is C22H28N6O2. The van der Waals surface area contributed by atoms with Crippen LogP contribution in [-0.2, 0) is 13.1 Å². The zero-order chi connectivity index (χ0) is 20.2. The van der Waals surface area contributed by atoms with Gasteiger partial charge in [-0.3, -0.25) is 19.6 Å². The highest BCUT2D eigenvalue weighted by Gasteiger charge is 2.39. The molecule has 2 saturated heterocycles. The number of nitrogens with one attached hydrogen (secondary N) is 1. The Hall–Kier alpha value is -2.48. The van der Waals surface area contributed by atoms with E-state index < -0.39 is 0 Å². The van der Waals surface area contributed by atoms with Crippen LogP contribution in [0.1, 0.15) is 53.5 Å². The molecular weight excluding hydrogens is 380 g/mol. The van der Waals surface area contributed by atoms with Gasteiger partial charge < -0.3 is 9.47 Å². The number of nitrogens with zero attached hydrogens (tertiary/aromatic N) is 5. The first-order valence-electron chi connectivity index (χ1n) is 11.3. The summed E-state index contributed by atoms with van der Waals surface area (Å²) >= 11 is 0. The van der Waals surface area contributed by atoms with Crippen molar-refractivity contribution in [2.24, 2.45) is 17.8 Å². The molecule has 0 radical (unpaired) electrons. The molecule has 2 aromatic rings. The minimum atomic E-state index is -0.103. The molecule has 8 heteroatoms. The van der Waals surface area contributed by atoms with Crippen molar-refractivity contribution >= 4 is 5.91 Å². The van der Waals surface area contributed by atoms with Crippen molar-refractivity contribution in [3.05, 3.63) is 45.9 Å². The summed E-state index contributed by atoms with van der Waals surface area (Å²) in [5.41, 5.74) is 2.18. The van der Waals surface area contributed by atoms with Crippen molar-refractivity contribution in [1.29, 1.82) is 0 Å². The van der Waals surface area contributed by atoms with Crippen LogP contribution >= 0.6 is 0 Å². The van der Waals surface area contributed by atoms with Crippen LogP contribution < -0.4 is 5.56 Å². The molecule has 2 bridgehead atoms. The summed E-state index contributed by atoms with van der Waals surface area (Å²) in [4.78, 5) is 34.4. The molecule has 0 unspecified atom stereocenters. The SMILES string of the molecule is O=C(c1ncn[nH]1)N1C[C@@H]2C[C@H](C1)c1ccc(CN3C[C@H]4CCC[C@H]4C3)c(=O)n1C2. The van der Waals surface area contributed by atoms with E-state index in [1.54, 1.807) is 0 Å². The summed E-state index contributed by atoms with van der Waals surface area (Å²) < 4.78 is 2.00. The van der Waals surface area contributed by atoms with E-state index in [1.807, 2.05) is 15.5 Å². The lowest BCUT2D eigenvalue weighted by Crippen LogP contribution is -2.49. The largest absolute Gasteiger partial charge is 0.335 e. The van der Waals surface area contributed by atoms with Crippen LogP contribution in [0.2, 0.25) is 0 Å². The molecule has 8 nitrogen and oxygen atoms in total. The minimum Gasteiger partial charge on any atom is -0.335 e. The number of aromatic nitrogens is 4. The maximum Gasteiger partial charge on any atom is 0.291 e. The van der Waals surface area contributed by atoms with E-state index in [2.05, 4.69) is 26.1 Å². The highest BCUT2D eigenvalue weighted by atomic mass is 16.2. The normalized spacial score (nSPS) is 30.3. The first-order chi connectivity index (χ1) is 14.7. The highest BCUT2D eigenvalue weighted by molar-refractivity contribution is 5.90. The number of amides is 1. The molecule has 158 valence electrons. The fraction of sp³-hybridized carbons (Fsp3) is 0.636. The fourth-order valence-electron chi connectivity index (χ4n) is 6.44. The number of hydrogen-bond acceptors (Lipinski definition) is 5. The lowest BCUT2D eigenvalue weighted by molar-refractivity contribution is 0.0582. The standard InChI is InChI=1S/C22H28N6O2/c29-21-17(11-26-9-15-2-1-3-16(15)10-26)4-5-19-18-6-14(8-28(19)21)7-27(12-18)22(30)20-23-13-24-25-20/h4-5,13-16,18H,1-3,6-12H2,(H,23,24,25)/t14-,15-,16+,18+/m0/s1. The van der Waals surface area contributed by atoms with E-state index in [1.165, 1.54) is 25.6 Å². The Morgan fingerprint density at radius 3 is 2.70 bits per heavy atom. The summed E-state index contributed by atoms with van der Waals surface area (Å²) in [6.07, 6.45) is 6.49. The van der Waals surface area contributed by atoms with E-state index in [0.29, 0.717) is 25.6 Å². The third-order valence-corrected chi connectivity index (χ3v) is 7.78. The van der Waals surface area contributed by atoms with Gasteiger partial charge in [-0.05, 0) is 43.1 Å². The van der Waals surface area contributed by atoms with Crippen molar-refractivity contribution < 1.29 is 4.79 Å². The lowest BCUT2D eigenvalue weighted by atomic mass is 9.83. The van der Waals surface area contributed by atoms with Gasteiger partial charge in [0, 0.05) is 56.4 Å². The van der Waals surface area contributed by atoms with Crippen molar-refractivity contribution in [1.82, 2.24) is 29.5 Å². The summed E-state index contributed by atoms with van der Waals surface area (Å²) in [6, 6.07) is 4.18. The van der Waals surface area contributed by atoms with Crippen LogP contribution in [0.3, 0.4) is 0 Å². The van der Waals surface area contributed by atoms with Crippen LogP contribution in [0.25, 0.3) is 0 Å². The van der Waals surface area contributed by atoms with Crippen LogP contribution in [0.4, 0.5) is 0 Å². The number of aromatic amines is 1. The number of rotatable bonds is 3. The Bertz CT molecular complexity index is 1000. The number of likely N-dealkylation sites (tertiary alicyclic amines) is 2. The predicted molar refractivity (Wildman–Crippen MR) is 110 cm³/mol. The zero-order valence-electron chi connectivity index (χ0n) is 17.2. The van der Waals surface area contributed by atoms with Crippen LogP contribution in [0, 0.1) is 17.8 Å². The summed E-state index contributed by atoms with van der Waals surface area (Å²) in [7, 11) is 0. The highest BCUT2D eigenvalue weighted by Crippen LogP contribution is 2.38. The summed E-state index contributed by atoms with van der Waals surface area (Å²) in [6.45, 7) is 5.07. The molecule has 2 aromatic heterocycles. The molecule has 4 atom stereocenters. The van der Waals surface area contributed by atoms with Crippen molar-refractivity contribution in [3.8, 4) is 0 Å². The van der Waals surface area contributed by atoms with Gasteiger partial charge in [0.05, 0.1) is 0 Å². The summed E-state index contributed by atoms with van der Waals surface area (Å²) in [5, 5.41) is 6.47. The monoisotopic (exact) mass is 408 g/mol. The number of H-pyrrole nitrogens is 1. The number of fused-ring (bicyclic) bond motifs is 5. The third kappa shape index (κ3) is 3.00. The maximum absolute atomic E-state index is 13.3. The van der Waals surface area contributed by atoms with E-state index in [4.69, 9.17) is 0 Å². The molecule has 3 fully saturated rings. The molecule has 1 aliphatic carbocycles. The van der Waals surface area contributed by atoms with Gasteiger partial charge in [0.15, 0.2) is 0 Å². The smallest absolute Gasteiger partial charge is 0.291 e. The van der Waals surface area contributed by atoms with Gasteiger partial charge in [-0.25, -0.2) is 4.98 Å². The van der Waals surface area contributed by atoms with E-state index in [9.17, 15) is 9.59 Å². The minimum absolute atomic E-state index is 0.103. The molecule has 0 aromatic carbocycles. The molecule has 30 heavy (non-hydrogen) atoms. The second kappa shape index (κ2) is 7.04. The van der Waals surface area contributed by atoms with Crippen LogP contribution in [-0.4, -0.2) is 61.6 Å². The lowest BCUT2D eigenvalue weighted by Gasteiger charge is -2.42. The predicted octanol–water partition coefficient (Wildman–Crippen LogP) is 1.46. The Morgan fingerprint density at radius 1 is 1.10 bits per heavy atom. The number of pyridine rings is 1. The maximum atomic E-state index is 13.3. The zero-order valence-corrected chi connectivity index (χ0v) is 17.2. The van der Waals surface area contributed by atoms with Crippen molar-refractivity contribution in [2.75, 3.05) is 26.2 Å². The average molecular weight is 409 g/mol. The Balaban J connectivity index is 1.22. The van der Waals surface area contributed by atoms with Crippen LogP contribution in [0.15, 0.2) is 23.3 Å². The Kier molecular flexibility index (Phi) is 4.30. The number of hydrogen-bond donors (Lipinski definition) is 1. The van der Waals surface area contributed by atoms with Gasteiger partial charge in [-0.15, -0.1) is 0 Å². The van der Waals surface area contributed by atoms with Gasteiger partial charge in [0.2, 0.25) is 5.82 Å². The van der Waals surface area contributed by atoms with E-state index >= 15 is 0 Å². The van der Waals surface area contributed by atoms with Crippen molar-refractivity contribution in [2.45, 2.75) is 44.7 Å². The Labute approximate surface area is 175 Å². The van der Waals surface area contributed by atoms with Crippen LogP contribution in [0.5, 0.6) is 0 Å². The number of piperidine rings is 1. The van der Waals surface area contributed by atoms with Crippen molar-refractivity contribution in [3.63, 3.8) is 0 Å². The molecule has 5 heterocycles. The second-order valence-electron chi connectivity index (χ2n) is 9.69. The molecule has 4 aliphatic rings. The van der Waals surface area contributed by atoms with E-state index in [-0.39, 0.29) is 23.2 Å². The molecule has 1 saturated carbocycles. The molecule has 1 N–H and O–H groups in total. The molecule has 6 rings (SSSR count). The van der Waals surface area contributed by atoms with Gasteiger partial charge in [0.25, 0.3) is 11.5 Å². The van der Waals surface area contributed by atoms with E-state index in [0.717, 1.165) is 49.1 Å². The Morgan fingerprint density at radius 2 is 1.93 bits per heavy atom. The second-order valence-corrected chi connectivity index (χ2v) is 9.69. The quantitative estimate of drug-likeness (QED) is 0.831. The van der Waals surface area contributed by atoms with Gasteiger partial charge >= 0.3 is 0 Å². The topological polar surface area (TPSA) is 87.1 Å². The van der Waals surface area contributed by atoms with Gasteiger partial charge in [0.1, 0.15) is 6.33 Å². The molecule has 1 amide bonds. The first-order valence-corrected chi connectivity index (χ1v) is 11.3. The fourth-order valence-corrected chi connectivity index (χ4v) is 6.44. The first kappa shape index (κ1) is 18.3.